The lowest BCUT2D eigenvalue weighted by atomic mass is 10.2. The standard InChI is InChI=1S/C8H5Cl2IO4S/c1-15-8(12)4-2-5(9)7(11)6(3-4)16(10,13)14/h2-3H,1H3. The molecule has 0 saturated heterocycles. The summed E-state index contributed by atoms with van der Waals surface area (Å²) in [5.74, 6) is -0.681. The van der Waals surface area contributed by atoms with E-state index in [0.29, 0.717) is 0 Å². The summed E-state index contributed by atoms with van der Waals surface area (Å²) < 4.78 is 27.2. The summed E-state index contributed by atoms with van der Waals surface area (Å²) in [7, 11) is 2.45. The molecule has 0 unspecified atom stereocenters. The molecule has 8 heteroatoms. The third-order valence-corrected chi connectivity index (χ3v) is 5.17. The van der Waals surface area contributed by atoms with Gasteiger partial charge in [-0.3, -0.25) is 0 Å². The Morgan fingerprint density at radius 3 is 2.44 bits per heavy atom. The normalized spacial score (nSPS) is 11.2. The number of methoxy groups -OCH3 is 1. The summed E-state index contributed by atoms with van der Waals surface area (Å²) in [6.45, 7) is 0. The number of rotatable bonds is 2. The molecule has 1 rings (SSSR count). The number of ether oxygens (including phenoxy) is 1. The van der Waals surface area contributed by atoms with Gasteiger partial charge in [0.25, 0.3) is 9.05 Å². The first kappa shape index (κ1) is 14.0. The number of carbonyl (C=O) groups is 1. The SMILES string of the molecule is COC(=O)c1cc(Cl)c(I)c(S(=O)(=O)Cl)c1. The summed E-state index contributed by atoms with van der Waals surface area (Å²) in [6, 6.07) is 2.45. The highest BCUT2D eigenvalue weighted by Gasteiger charge is 2.20. The van der Waals surface area contributed by atoms with E-state index in [1.165, 1.54) is 13.2 Å². The third kappa shape index (κ3) is 2.99. The third-order valence-electron chi connectivity index (χ3n) is 1.68. The van der Waals surface area contributed by atoms with Gasteiger partial charge in [0, 0.05) is 10.7 Å². The molecule has 0 aliphatic rings. The summed E-state index contributed by atoms with van der Waals surface area (Å²) in [5.41, 5.74) is 0.0344. The Morgan fingerprint density at radius 2 is 2.00 bits per heavy atom. The van der Waals surface area contributed by atoms with Gasteiger partial charge in [0.2, 0.25) is 0 Å². The number of esters is 1. The van der Waals surface area contributed by atoms with Gasteiger partial charge >= 0.3 is 5.97 Å². The van der Waals surface area contributed by atoms with Crippen LogP contribution in [0.4, 0.5) is 0 Å². The van der Waals surface area contributed by atoms with Crippen LogP contribution in [-0.2, 0) is 13.8 Å². The van der Waals surface area contributed by atoms with Crippen molar-refractivity contribution < 1.29 is 17.9 Å². The second-order valence-corrected chi connectivity index (χ2v) is 6.72. The van der Waals surface area contributed by atoms with E-state index in [-0.39, 0.29) is 19.1 Å². The van der Waals surface area contributed by atoms with Crippen LogP contribution in [0.2, 0.25) is 5.02 Å². The van der Waals surface area contributed by atoms with Gasteiger partial charge in [-0.2, -0.15) is 0 Å². The molecule has 16 heavy (non-hydrogen) atoms. The van der Waals surface area contributed by atoms with Crippen LogP contribution in [0.15, 0.2) is 17.0 Å². The Labute approximate surface area is 115 Å². The molecule has 0 aromatic heterocycles. The summed E-state index contributed by atoms with van der Waals surface area (Å²) in [4.78, 5) is 11.0. The van der Waals surface area contributed by atoms with Crippen molar-refractivity contribution in [2.45, 2.75) is 4.90 Å². The highest BCUT2D eigenvalue weighted by Crippen LogP contribution is 2.29. The monoisotopic (exact) mass is 394 g/mol. The molecule has 1 aromatic carbocycles. The lowest BCUT2D eigenvalue weighted by molar-refractivity contribution is 0.0600. The van der Waals surface area contributed by atoms with E-state index < -0.39 is 15.0 Å². The van der Waals surface area contributed by atoms with Crippen molar-refractivity contribution in [2.24, 2.45) is 0 Å². The highest BCUT2D eigenvalue weighted by atomic mass is 127. The van der Waals surface area contributed by atoms with E-state index in [2.05, 4.69) is 4.74 Å². The quantitative estimate of drug-likeness (QED) is 0.439. The van der Waals surface area contributed by atoms with Crippen molar-refractivity contribution in [2.75, 3.05) is 7.11 Å². The first-order valence-electron chi connectivity index (χ1n) is 3.79. The van der Waals surface area contributed by atoms with Gasteiger partial charge in [0.1, 0.15) is 0 Å². The lowest BCUT2D eigenvalue weighted by Crippen LogP contribution is -2.05. The lowest BCUT2D eigenvalue weighted by Gasteiger charge is -2.06. The van der Waals surface area contributed by atoms with E-state index in [4.69, 9.17) is 22.3 Å². The van der Waals surface area contributed by atoms with Crippen LogP contribution in [0, 0.1) is 3.57 Å². The molecule has 0 atom stereocenters. The minimum atomic E-state index is -3.95. The van der Waals surface area contributed by atoms with Crippen molar-refractivity contribution in [3.8, 4) is 0 Å². The van der Waals surface area contributed by atoms with E-state index >= 15 is 0 Å². The van der Waals surface area contributed by atoms with Crippen molar-refractivity contribution >= 4 is 59.9 Å². The molecule has 1 aromatic rings. The fourth-order valence-corrected chi connectivity index (χ4v) is 3.78. The second kappa shape index (κ2) is 5.07. The first-order valence-corrected chi connectivity index (χ1v) is 7.56. The predicted molar refractivity (Wildman–Crippen MR) is 68.5 cm³/mol. The van der Waals surface area contributed by atoms with Gasteiger partial charge in [0.05, 0.1) is 26.2 Å². The minimum Gasteiger partial charge on any atom is -0.465 e. The number of hydrogen-bond acceptors (Lipinski definition) is 4. The summed E-state index contributed by atoms with van der Waals surface area (Å²) in [6.07, 6.45) is 0. The highest BCUT2D eigenvalue weighted by molar-refractivity contribution is 14.1. The van der Waals surface area contributed by atoms with Crippen LogP contribution >= 0.6 is 44.9 Å². The van der Waals surface area contributed by atoms with Crippen LogP contribution in [0.3, 0.4) is 0 Å². The molecule has 4 nitrogen and oxygen atoms in total. The summed E-state index contributed by atoms with van der Waals surface area (Å²) in [5, 5.41) is 0.128. The fraction of sp³-hybridized carbons (Fsp3) is 0.125. The number of hydrogen-bond donors (Lipinski definition) is 0. The average molecular weight is 395 g/mol. The molecular formula is C8H5Cl2IO4S. The zero-order valence-corrected chi connectivity index (χ0v) is 12.3. The Hall–Kier alpha value is -0.0500. The van der Waals surface area contributed by atoms with E-state index in [9.17, 15) is 13.2 Å². The second-order valence-electron chi connectivity index (χ2n) is 2.70. The smallest absolute Gasteiger partial charge is 0.337 e. The Morgan fingerprint density at radius 1 is 1.44 bits per heavy atom. The maximum atomic E-state index is 11.2. The molecule has 0 N–H and O–H groups in total. The fourth-order valence-electron chi connectivity index (χ4n) is 0.977. The molecule has 0 aliphatic heterocycles. The van der Waals surface area contributed by atoms with Gasteiger partial charge in [0.15, 0.2) is 0 Å². The van der Waals surface area contributed by atoms with E-state index in [1.807, 2.05) is 0 Å². The molecular weight excluding hydrogens is 390 g/mol. The molecule has 88 valence electrons. The topological polar surface area (TPSA) is 60.4 Å². The predicted octanol–water partition coefficient (Wildman–Crippen LogP) is 2.66. The van der Waals surface area contributed by atoms with Gasteiger partial charge in [-0.15, -0.1) is 0 Å². The molecule has 0 bridgehead atoms. The van der Waals surface area contributed by atoms with Crippen molar-refractivity contribution in [1.82, 2.24) is 0 Å². The van der Waals surface area contributed by atoms with Crippen LogP contribution in [0.25, 0.3) is 0 Å². The minimum absolute atomic E-state index is 0.0344. The van der Waals surface area contributed by atoms with Crippen molar-refractivity contribution in [3.05, 3.63) is 26.3 Å². The number of halogens is 3. The Bertz CT molecular complexity index is 541. The molecule has 0 saturated carbocycles. The van der Waals surface area contributed by atoms with Gasteiger partial charge in [-0.25, -0.2) is 13.2 Å². The number of benzene rings is 1. The van der Waals surface area contributed by atoms with Gasteiger partial charge < -0.3 is 4.74 Å². The molecule has 0 spiro atoms. The van der Waals surface area contributed by atoms with Crippen LogP contribution in [-0.4, -0.2) is 21.5 Å². The Balaban J connectivity index is 3.52. The van der Waals surface area contributed by atoms with Crippen LogP contribution in [0.5, 0.6) is 0 Å². The summed E-state index contributed by atoms with van der Waals surface area (Å²) >= 11 is 7.52. The van der Waals surface area contributed by atoms with E-state index in [0.717, 1.165) is 6.07 Å². The zero-order chi connectivity index (χ0) is 12.5. The van der Waals surface area contributed by atoms with Gasteiger partial charge in [-0.05, 0) is 34.7 Å². The maximum absolute atomic E-state index is 11.2. The van der Waals surface area contributed by atoms with Crippen molar-refractivity contribution in [3.63, 3.8) is 0 Å². The first-order chi connectivity index (χ1) is 7.27. The molecule has 0 amide bonds. The largest absolute Gasteiger partial charge is 0.465 e. The molecule has 0 aliphatic carbocycles. The van der Waals surface area contributed by atoms with Crippen LogP contribution < -0.4 is 0 Å². The Kier molecular flexibility index (Phi) is 4.44. The van der Waals surface area contributed by atoms with Crippen LogP contribution in [0.1, 0.15) is 10.4 Å². The van der Waals surface area contributed by atoms with Gasteiger partial charge in [-0.1, -0.05) is 11.6 Å². The molecule has 0 heterocycles. The number of carbonyl (C=O) groups excluding carboxylic acids is 1. The van der Waals surface area contributed by atoms with E-state index in [1.54, 1.807) is 22.6 Å². The average Bonchev–Trinajstić information content (AvgIpc) is 2.18. The maximum Gasteiger partial charge on any atom is 0.337 e. The zero-order valence-electron chi connectivity index (χ0n) is 7.83. The van der Waals surface area contributed by atoms with Crippen molar-refractivity contribution in [1.29, 1.82) is 0 Å². The molecule has 0 fully saturated rings. The molecule has 0 radical (unpaired) electrons.